The van der Waals surface area contributed by atoms with Gasteiger partial charge in [0.15, 0.2) is 5.82 Å². The van der Waals surface area contributed by atoms with Crippen molar-refractivity contribution in [3.8, 4) is 11.3 Å². The molecule has 3 heterocycles. The summed E-state index contributed by atoms with van der Waals surface area (Å²) in [5.74, 6) is 0.931. The van der Waals surface area contributed by atoms with E-state index in [2.05, 4.69) is 51.7 Å². The van der Waals surface area contributed by atoms with E-state index in [9.17, 15) is 0 Å². The second kappa shape index (κ2) is 10.0. The lowest BCUT2D eigenvalue weighted by Gasteiger charge is -2.40. The average Bonchev–Trinajstić information content (AvgIpc) is 2.76. The third-order valence-corrected chi connectivity index (χ3v) is 6.96. The molecular weight excluding hydrogens is 433 g/mol. The first-order valence-electron chi connectivity index (χ1n) is 11.0. The van der Waals surface area contributed by atoms with Gasteiger partial charge in [-0.1, -0.05) is 29.3 Å². The van der Waals surface area contributed by atoms with Crippen molar-refractivity contribution in [2.45, 2.75) is 32.9 Å². The van der Waals surface area contributed by atoms with Gasteiger partial charge in [0.1, 0.15) is 0 Å². The molecule has 6 nitrogen and oxygen atoms in total. The third kappa shape index (κ3) is 5.49. The first-order valence-corrected chi connectivity index (χ1v) is 11.8. The minimum Gasteiger partial charge on any atom is -0.374 e. The van der Waals surface area contributed by atoms with E-state index in [0.29, 0.717) is 22.2 Å². The number of nitrogens with zero attached hydrogens (tertiary/aromatic N) is 5. The van der Waals surface area contributed by atoms with Crippen molar-refractivity contribution in [3.05, 3.63) is 39.9 Å². The highest BCUT2D eigenvalue weighted by Gasteiger charge is 2.26. The zero-order valence-corrected chi connectivity index (χ0v) is 20.0. The highest BCUT2D eigenvalue weighted by Crippen LogP contribution is 2.30. The minimum absolute atomic E-state index is 0.301. The van der Waals surface area contributed by atoms with Gasteiger partial charge in [0, 0.05) is 57.4 Å². The number of ether oxygens (including phenoxy) is 1. The van der Waals surface area contributed by atoms with E-state index < -0.39 is 0 Å². The van der Waals surface area contributed by atoms with Gasteiger partial charge < -0.3 is 9.64 Å². The summed E-state index contributed by atoms with van der Waals surface area (Å²) in [6.07, 6.45) is 0.301. The highest BCUT2D eigenvalue weighted by atomic mass is 35.5. The molecule has 2 aliphatic heterocycles. The van der Waals surface area contributed by atoms with E-state index in [4.69, 9.17) is 27.9 Å². The fraction of sp³-hybridized carbons (Fsp3) is 0.565. The van der Waals surface area contributed by atoms with Crippen LogP contribution in [0.2, 0.25) is 10.0 Å². The molecule has 0 radical (unpaired) electrons. The Labute approximate surface area is 195 Å². The molecule has 2 aliphatic rings. The third-order valence-electron chi connectivity index (χ3n) is 6.22. The van der Waals surface area contributed by atoms with Crippen molar-refractivity contribution < 1.29 is 4.74 Å². The maximum atomic E-state index is 6.17. The molecule has 2 saturated heterocycles. The van der Waals surface area contributed by atoms with Gasteiger partial charge in [-0.05, 0) is 44.5 Å². The van der Waals surface area contributed by atoms with E-state index in [1.165, 1.54) is 0 Å². The predicted molar refractivity (Wildman–Crippen MR) is 127 cm³/mol. The molecule has 0 amide bonds. The first-order chi connectivity index (χ1) is 14.9. The van der Waals surface area contributed by atoms with Crippen molar-refractivity contribution >= 4 is 29.0 Å². The molecule has 1 unspecified atom stereocenters. The number of rotatable bonds is 5. The lowest BCUT2D eigenvalue weighted by molar-refractivity contribution is -0.0525. The van der Waals surface area contributed by atoms with E-state index in [1.54, 1.807) is 6.07 Å². The van der Waals surface area contributed by atoms with Gasteiger partial charge in [-0.25, -0.2) is 0 Å². The number of halogens is 2. The maximum Gasteiger partial charge on any atom is 0.151 e. The Morgan fingerprint density at radius 2 is 1.81 bits per heavy atom. The summed E-state index contributed by atoms with van der Waals surface area (Å²) in [6, 6.07) is 8.26. The van der Waals surface area contributed by atoms with Gasteiger partial charge in [-0.2, -0.15) is 0 Å². The molecule has 168 valence electrons. The normalized spacial score (nSPS) is 21.1. The molecule has 31 heavy (non-hydrogen) atoms. The Bertz CT molecular complexity index is 902. The zero-order valence-electron chi connectivity index (χ0n) is 18.5. The largest absolute Gasteiger partial charge is 0.374 e. The second-order valence-electron chi connectivity index (χ2n) is 8.73. The van der Waals surface area contributed by atoms with Crippen LogP contribution >= 0.6 is 23.2 Å². The molecule has 1 aromatic carbocycles. The van der Waals surface area contributed by atoms with Crippen LogP contribution in [0.1, 0.15) is 19.4 Å². The van der Waals surface area contributed by atoms with Crippen molar-refractivity contribution in [1.29, 1.82) is 0 Å². The van der Waals surface area contributed by atoms with Gasteiger partial charge in [-0.15, -0.1) is 10.2 Å². The molecule has 2 fully saturated rings. The number of benzene rings is 1. The van der Waals surface area contributed by atoms with Crippen LogP contribution in [0.4, 0.5) is 5.82 Å². The molecule has 4 rings (SSSR count). The number of anilines is 1. The summed E-state index contributed by atoms with van der Waals surface area (Å²) in [5, 5.41) is 10.1. The number of piperazine rings is 1. The van der Waals surface area contributed by atoms with Crippen molar-refractivity contribution in [2.75, 3.05) is 57.3 Å². The SMILES string of the molecule is Cc1cc(N2CCN(CC3CN(C(C)C)CCO3)CC2)nnc1-c1ccc(Cl)c(Cl)c1. The molecule has 2 aromatic rings. The average molecular weight is 464 g/mol. The molecule has 1 atom stereocenters. The number of morpholine rings is 1. The Morgan fingerprint density at radius 1 is 1.03 bits per heavy atom. The molecule has 8 heteroatoms. The quantitative estimate of drug-likeness (QED) is 0.667. The number of aromatic nitrogens is 2. The van der Waals surface area contributed by atoms with Crippen molar-refractivity contribution in [2.24, 2.45) is 0 Å². The smallest absolute Gasteiger partial charge is 0.151 e. The Balaban J connectivity index is 1.34. The van der Waals surface area contributed by atoms with Crippen LogP contribution in [0.25, 0.3) is 11.3 Å². The predicted octanol–water partition coefficient (Wildman–Crippen LogP) is 3.99. The molecule has 0 N–H and O–H groups in total. The van der Waals surface area contributed by atoms with Gasteiger partial charge in [0.25, 0.3) is 0 Å². The first kappa shape index (κ1) is 22.7. The van der Waals surface area contributed by atoms with Crippen LogP contribution in [0, 0.1) is 6.92 Å². The summed E-state index contributed by atoms with van der Waals surface area (Å²) in [6.45, 7) is 14.4. The monoisotopic (exact) mass is 463 g/mol. The second-order valence-corrected chi connectivity index (χ2v) is 9.55. The van der Waals surface area contributed by atoms with E-state index in [0.717, 1.165) is 75.1 Å². The summed E-state index contributed by atoms with van der Waals surface area (Å²) in [4.78, 5) is 7.34. The Kier molecular flexibility index (Phi) is 7.34. The number of hydrogen-bond donors (Lipinski definition) is 0. The van der Waals surface area contributed by atoms with E-state index >= 15 is 0 Å². The Hall–Kier alpha value is -1.44. The lowest BCUT2D eigenvalue weighted by atomic mass is 10.1. The van der Waals surface area contributed by atoms with Crippen LogP contribution in [0.5, 0.6) is 0 Å². The van der Waals surface area contributed by atoms with Crippen LogP contribution in [-0.2, 0) is 4.74 Å². The van der Waals surface area contributed by atoms with Crippen LogP contribution in [-0.4, -0.2) is 84.6 Å². The van der Waals surface area contributed by atoms with E-state index in [-0.39, 0.29) is 0 Å². The van der Waals surface area contributed by atoms with Crippen molar-refractivity contribution in [3.63, 3.8) is 0 Å². The van der Waals surface area contributed by atoms with E-state index in [1.807, 2.05) is 12.1 Å². The summed E-state index contributed by atoms with van der Waals surface area (Å²) in [7, 11) is 0. The highest BCUT2D eigenvalue weighted by molar-refractivity contribution is 6.42. The standard InChI is InChI=1S/C23H31Cl2N5O/c1-16(2)30-10-11-31-19(15-30)14-28-6-8-29(9-7-28)22-12-17(3)23(27-26-22)18-4-5-20(24)21(25)13-18/h4-5,12-13,16,19H,6-11,14-15H2,1-3H3. The molecule has 0 bridgehead atoms. The minimum atomic E-state index is 0.301. The van der Waals surface area contributed by atoms with Gasteiger partial charge in [0.05, 0.1) is 28.5 Å². The van der Waals surface area contributed by atoms with Crippen molar-refractivity contribution in [1.82, 2.24) is 20.0 Å². The fourth-order valence-electron chi connectivity index (χ4n) is 4.32. The van der Waals surface area contributed by atoms with Crippen LogP contribution < -0.4 is 4.90 Å². The number of hydrogen-bond acceptors (Lipinski definition) is 6. The molecule has 1 aromatic heterocycles. The Morgan fingerprint density at radius 3 is 2.48 bits per heavy atom. The van der Waals surface area contributed by atoms with Gasteiger partial charge in [-0.3, -0.25) is 9.80 Å². The summed E-state index contributed by atoms with van der Waals surface area (Å²) < 4.78 is 6.02. The van der Waals surface area contributed by atoms with Crippen LogP contribution in [0.3, 0.4) is 0 Å². The topological polar surface area (TPSA) is 44.7 Å². The number of aryl methyl sites for hydroxylation is 1. The maximum absolute atomic E-state index is 6.17. The molecule has 0 saturated carbocycles. The summed E-state index contributed by atoms with van der Waals surface area (Å²) in [5.41, 5.74) is 2.85. The zero-order chi connectivity index (χ0) is 22.0. The lowest BCUT2D eigenvalue weighted by Crippen LogP contribution is -2.53. The van der Waals surface area contributed by atoms with Crippen LogP contribution in [0.15, 0.2) is 24.3 Å². The summed E-state index contributed by atoms with van der Waals surface area (Å²) >= 11 is 12.2. The van der Waals surface area contributed by atoms with Gasteiger partial charge in [0.2, 0.25) is 0 Å². The van der Waals surface area contributed by atoms with Gasteiger partial charge >= 0.3 is 0 Å². The fourth-order valence-corrected chi connectivity index (χ4v) is 4.62. The molecular formula is C23H31Cl2N5O. The molecule has 0 aliphatic carbocycles. The molecule has 0 spiro atoms.